The normalized spacial score (nSPS) is 14.5. The molecule has 38 heavy (non-hydrogen) atoms. The van der Waals surface area contributed by atoms with Crippen LogP contribution in [-0.2, 0) is 12.0 Å². The third-order valence-corrected chi connectivity index (χ3v) is 8.80. The Balaban J connectivity index is 0.00000336. The fourth-order valence-electron chi connectivity index (χ4n) is 4.75. The number of thioether (sulfide) groups is 1. The third-order valence-electron chi connectivity index (χ3n) is 6.99. The molecule has 0 bridgehead atoms. The standard InChI is InChI=1S/C33H34ClNOS.K/c1-33(2,36)30-9-4-3-7-25(30)15-19-32(37-22-24-10-11-24)27-8-5-6-23(20-27)12-17-29-18-14-26-13-16-28(34)21-31(26)35-29;/h3-9,12-14,16-18,20-21,24,32,36H,10-11,15,19,22H2,1-2H3;/t32-;/m1./s1. The van der Waals surface area contributed by atoms with Gasteiger partial charge in [-0.25, -0.2) is 4.98 Å². The molecular formula is C33H34ClKNOS. The number of aliphatic hydroxyl groups is 1. The van der Waals surface area contributed by atoms with Gasteiger partial charge in [-0.1, -0.05) is 78.3 Å². The Morgan fingerprint density at radius 3 is 2.58 bits per heavy atom. The first-order valence-corrected chi connectivity index (χ1v) is 14.5. The van der Waals surface area contributed by atoms with Crippen molar-refractivity contribution in [3.63, 3.8) is 0 Å². The summed E-state index contributed by atoms with van der Waals surface area (Å²) in [6.45, 7) is 3.75. The predicted octanol–water partition coefficient (Wildman–Crippen LogP) is 8.72. The average molecular weight is 567 g/mol. The van der Waals surface area contributed by atoms with E-state index in [1.54, 1.807) is 0 Å². The Labute approximate surface area is 278 Å². The number of halogens is 1. The molecule has 1 fully saturated rings. The average Bonchev–Trinajstić information content (AvgIpc) is 3.72. The Kier molecular flexibility index (Phi) is 10.7. The Morgan fingerprint density at radius 2 is 1.79 bits per heavy atom. The van der Waals surface area contributed by atoms with E-state index in [4.69, 9.17) is 16.6 Å². The van der Waals surface area contributed by atoms with Crippen molar-refractivity contribution in [2.75, 3.05) is 5.75 Å². The van der Waals surface area contributed by atoms with Crippen LogP contribution < -0.4 is 0 Å². The Bertz CT molecular complexity index is 1410. The molecule has 5 rings (SSSR count). The maximum absolute atomic E-state index is 10.7. The van der Waals surface area contributed by atoms with E-state index >= 15 is 0 Å². The molecule has 3 aromatic carbocycles. The van der Waals surface area contributed by atoms with Crippen molar-refractivity contribution in [1.82, 2.24) is 4.98 Å². The maximum Gasteiger partial charge on any atom is 0.0843 e. The minimum absolute atomic E-state index is 0. The smallest absolute Gasteiger partial charge is 0.0843 e. The molecule has 0 spiro atoms. The maximum atomic E-state index is 10.7. The minimum atomic E-state index is -0.833. The van der Waals surface area contributed by atoms with Crippen LogP contribution in [0.1, 0.15) is 66.3 Å². The predicted molar refractivity (Wildman–Crippen MR) is 166 cm³/mol. The second-order valence-electron chi connectivity index (χ2n) is 10.6. The second kappa shape index (κ2) is 13.6. The van der Waals surface area contributed by atoms with Crippen LogP contribution >= 0.6 is 23.4 Å². The molecule has 1 atom stereocenters. The van der Waals surface area contributed by atoms with E-state index < -0.39 is 5.60 Å². The molecule has 1 aromatic heterocycles. The van der Waals surface area contributed by atoms with Crippen LogP contribution in [0.5, 0.6) is 0 Å². The fraction of sp³-hybridized carbons (Fsp3) is 0.303. The van der Waals surface area contributed by atoms with Crippen molar-refractivity contribution in [2.45, 2.75) is 50.4 Å². The third kappa shape index (κ3) is 8.28. The Morgan fingerprint density at radius 1 is 1.00 bits per heavy atom. The summed E-state index contributed by atoms with van der Waals surface area (Å²) in [5.74, 6) is 2.10. The number of hydrogen-bond acceptors (Lipinski definition) is 3. The van der Waals surface area contributed by atoms with Crippen molar-refractivity contribution < 1.29 is 5.11 Å². The number of rotatable bonds is 10. The van der Waals surface area contributed by atoms with Gasteiger partial charge in [0, 0.05) is 67.0 Å². The number of nitrogens with zero attached hydrogens (tertiary/aromatic N) is 1. The molecule has 2 nitrogen and oxygen atoms in total. The number of aromatic nitrogens is 1. The summed E-state index contributed by atoms with van der Waals surface area (Å²) in [6.07, 6.45) is 8.96. The van der Waals surface area contributed by atoms with Gasteiger partial charge >= 0.3 is 0 Å². The quantitative estimate of drug-likeness (QED) is 0.195. The van der Waals surface area contributed by atoms with E-state index in [1.165, 1.54) is 35.3 Å². The van der Waals surface area contributed by atoms with Gasteiger partial charge in [-0.2, -0.15) is 11.8 Å². The van der Waals surface area contributed by atoms with Crippen LogP contribution in [-0.4, -0.2) is 67.2 Å². The van der Waals surface area contributed by atoms with E-state index in [0.717, 1.165) is 40.9 Å². The molecule has 0 amide bonds. The minimum Gasteiger partial charge on any atom is -0.386 e. The van der Waals surface area contributed by atoms with Crippen LogP contribution in [0, 0.1) is 5.92 Å². The van der Waals surface area contributed by atoms with Gasteiger partial charge in [-0.3, -0.25) is 0 Å². The van der Waals surface area contributed by atoms with Gasteiger partial charge in [0.25, 0.3) is 0 Å². The largest absolute Gasteiger partial charge is 0.386 e. The molecule has 1 aliphatic carbocycles. The van der Waals surface area contributed by atoms with Gasteiger partial charge in [0.15, 0.2) is 0 Å². The van der Waals surface area contributed by atoms with Gasteiger partial charge < -0.3 is 5.11 Å². The molecule has 1 saturated carbocycles. The fourth-order valence-corrected chi connectivity index (χ4v) is 6.38. The summed E-state index contributed by atoms with van der Waals surface area (Å²) in [5, 5.41) is 12.9. The molecule has 1 aliphatic rings. The van der Waals surface area contributed by atoms with E-state index in [2.05, 4.69) is 72.4 Å². The zero-order valence-corrected chi connectivity index (χ0v) is 27.2. The SMILES string of the molecule is CC(C)(O)c1ccccc1CC[C@@H](SCC1CC1)c1cccc(C=Cc2ccc3ccc(Cl)cc3n2)c1.[K]. The van der Waals surface area contributed by atoms with Crippen LogP contribution in [0.3, 0.4) is 0 Å². The van der Waals surface area contributed by atoms with E-state index in [-0.39, 0.29) is 51.4 Å². The van der Waals surface area contributed by atoms with E-state index in [9.17, 15) is 5.11 Å². The van der Waals surface area contributed by atoms with E-state index in [0.29, 0.717) is 10.3 Å². The summed E-state index contributed by atoms with van der Waals surface area (Å²) in [5.41, 5.74) is 5.81. The molecular weight excluding hydrogens is 533 g/mol. The summed E-state index contributed by atoms with van der Waals surface area (Å²) in [6, 6.07) is 27.2. The molecule has 1 radical (unpaired) electrons. The number of benzene rings is 3. The zero-order valence-electron chi connectivity index (χ0n) is 22.5. The number of pyridine rings is 1. The monoisotopic (exact) mass is 566 g/mol. The molecule has 0 saturated heterocycles. The van der Waals surface area contributed by atoms with Crippen molar-refractivity contribution in [1.29, 1.82) is 0 Å². The first-order chi connectivity index (χ1) is 17.8. The van der Waals surface area contributed by atoms with Gasteiger partial charge in [0.2, 0.25) is 0 Å². The van der Waals surface area contributed by atoms with Crippen LogP contribution in [0.2, 0.25) is 5.02 Å². The van der Waals surface area contributed by atoms with Gasteiger partial charge in [-0.15, -0.1) is 0 Å². The summed E-state index contributed by atoms with van der Waals surface area (Å²) in [7, 11) is 0. The molecule has 1 heterocycles. The van der Waals surface area contributed by atoms with Gasteiger partial charge in [-0.05, 0) is 97.7 Å². The van der Waals surface area contributed by atoms with Crippen molar-refractivity contribution >= 4 is 97.8 Å². The number of hydrogen-bond donors (Lipinski definition) is 1. The summed E-state index contributed by atoms with van der Waals surface area (Å²) in [4.78, 5) is 4.76. The molecule has 5 heteroatoms. The topological polar surface area (TPSA) is 33.1 Å². The van der Waals surface area contributed by atoms with Crippen molar-refractivity contribution in [3.05, 3.63) is 112 Å². The first kappa shape index (κ1) is 30.0. The molecule has 0 unspecified atom stereocenters. The summed E-state index contributed by atoms with van der Waals surface area (Å²) < 4.78 is 0. The van der Waals surface area contributed by atoms with E-state index in [1.807, 2.05) is 44.2 Å². The zero-order chi connectivity index (χ0) is 25.8. The van der Waals surface area contributed by atoms with Gasteiger partial charge in [0.1, 0.15) is 0 Å². The van der Waals surface area contributed by atoms with Gasteiger partial charge in [0.05, 0.1) is 16.8 Å². The molecule has 191 valence electrons. The van der Waals surface area contributed by atoms with Crippen LogP contribution in [0.15, 0.2) is 78.9 Å². The van der Waals surface area contributed by atoms with Crippen LogP contribution in [0.25, 0.3) is 23.1 Å². The number of aryl methyl sites for hydroxylation is 1. The summed E-state index contributed by atoms with van der Waals surface area (Å²) >= 11 is 8.26. The second-order valence-corrected chi connectivity index (χ2v) is 12.3. The van der Waals surface area contributed by atoms with Crippen LogP contribution in [0.4, 0.5) is 0 Å². The Hall–Kier alpha value is -0.954. The molecule has 4 aromatic rings. The molecule has 0 aliphatic heterocycles. The van der Waals surface area contributed by atoms with Crippen molar-refractivity contribution in [2.24, 2.45) is 5.92 Å². The molecule has 1 N–H and O–H groups in total. The van der Waals surface area contributed by atoms with Crippen molar-refractivity contribution in [3.8, 4) is 0 Å². The first-order valence-electron chi connectivity index (χ1n) is 13.1. The number of fused-ring (bicyclic) bond motifs is 1.